The molecule has 2 aliphatic carbocycles. The van der Waals surface area contributed by atoms with Gasteiger partial charge in [0, 0.05) is 19.1 Å². The van der Waals surface area contributed by atoms with Crippen LogP contribution in [0.15, 0.2) is 4.99 Å². The largest absolute Gasteiger partial charge is 0.395 e. The van der Waals surface area contributed by atoms with Crippen LogP contribution in [0.4, 0.5) is 0 Å². The summed E-state index contributed by atoms with van der Waals surface area (Å²) in [5.74, 6) is 0.0295. The molecule has 0 amide bonds. The van der Waals surface area contributed by atoms with Crippen LogP contribution in [-0.4, -0.2) is 143 Å². The minimum atomic E-state index is -1.36. The summed E-state index contributed by atoms with van der Waals surface area (Å²) in [6, 6.07) is -2.72. The number of amidine groups is 1. The van der Waals surface area contributed by atoms with Gasteiger partial charge in [0.05, 0.1) is 37.4 Å². The second kappa shape index (κ2) is 13.1. The fourth-order valence-electron chi connectivity index (χ4n) is 5.74. The van der Waals surface area contributed by atoms with Crippen LogP contribution in [0.2, 0.25) is 0 Å². The number of nitrogens with one attached hydrogen (secondary N) is 2. The fourth-order valence-corrected chi connectivity index (χ4v) is 5.74. The van der Waals surface area contributed by atoms with Crippen molar-refractivity contribution < 1.29 is 44.5 Å². The minimum Gasteiger partial charge on any atom is -0.395 e. The lowest BCUT2D eigenvalue weighted by Gasteiger charge is -2.48. The number of nitrogens with zero attached hydrogens (tertiary/aromatic N) is 1. The van der Waals surface area contributed by atoms with E-state index in [4.69, 9.17) is 41.3 Å². The smallest absolute Gasteiger partial charge is 0.185 e. The Morgan fingerprint density at radius 1 is 1.05 bits per heavy atom. The second-order valence-electron chi connectivity index (χ2n) is 11.8. The molecule has 12 atom stereocenters. The molecule has 0 bridgehead atoms. The molecule has 12 unspecified atom stereocenters. The summed E-state index contributed by atoms with van der Waals surface area (Å²) in [7, 11) is 1.60. The zero-order valence-electron chi connectivity index (χ0n) is 23.3. The maximum Gasteiger partial charge on any atom is 0.185 e. The van der Waals surface area contributed by atoms with Crippen LogP contribution in [0.1, 0.15) is 39.0 Å². The normalized spacial score (nSPS) is 45.8. The number of likely N-dealkylation sites (N-methyl/N-ethyl adjacent to an activating group) is 1. The van der Waals surface area contributed by atoms with E-state index in [1.54, 1.807) is 7.05 Å². The molecule has 15 nitrogen and oxygen atoms in total. The summed E-state index contributed by atoms with van der Waals surface area (Å²) in [5, 5.41) is 58.6. The minimum absolute atomic E-state index is 0.00819. The number of rotatable bonds is 11. The molecule has 4 rings (SSSR count). The second-order valence-corrected chi connectivity index (χ2v) is 11.8. The van der Waals surface area contributed by atoms with Gasteiger partial charge in [0.1, 0.15) is 41.5 Å². The molecule has 40 heavy (non-hydrogen) atoms. The quantitative estimate of drug-likeness (QED) is 0.0633. The first-order chi connectivity index (χ1) is 18.9. The predicted octanol–water partition coefficient (Wildman–Crippen LogP) is -4.43. The van der Waals surface area contributed by atoms with Gasteiger partial charge in [-0.15, -0.1) is 0 Å². The van der Waals surface area contributed by atoms with E-state index in [2.05, 4.69) is 15.6 Å². The Bertz CT molecular complexity index is 865. The standard InChI is InChI=1S/C25H48N6O9/c1-24(35)11-37-22(17(34)20(24)29-2)40-19-15(31-23(28)25(36)5-6-25)9-14(27)18(16(19)33)39-21-13(26)4-3-12(38-21)10-30-7-8-32/h12-22,29-30,32-36H,3-11,26-27H2,1-2H3,(H2,28,31). The molecular weight excluding hydrogens is 528 g/mol. The van der Waals surface area contributed by atoms with Crippen LogP contribution in [0.25, 0.3) is 0 Å². The van der Waals surface area contributed by atoms with E-state index >= 15 is 0 Å². The van der Waals surface area contributed by atoms with Crippen molar-refractivity contribution in [3.8, 4) is 0 Å². The maximum absolute atomic E-state index is 11.6. The molecule has 0 aromatic rings. The zero-order valence-corrected chi connectivity index (χ0v) is 23.3. The molecule has 0 aromatic heterocycles. The number of ether oxygens (including phenoxy) is 4. The van der Waals surface area contributed by atoms with E-state index in [-0.39, 0.29) is 31.6 Å². The summed E-state index contributed by atoms with van der Waals surface area (Å²) < 4.78 is 24.1. The Morgan fingerprint density at radius 3 is 2.40 bits per heavy atom. The van der Waals surface area contributed by atoms with E-state index in [0.29, 0.717) is 38.8 Å². The van der Waals surface area contributed by atoms with E-state index < -0.39 is 72.4 Å². The first kappa shape index (κ1) is 31.9. The molecule has 232 valence electrons. The van der Waals surface area contributed by atoms with Crippen LogP contribution in [0, 0.1) is 0 Å². The van der Waals surface area contributed by atoms with Gasteiger partial charge in [0.2, 0.25) is 0 Å². The Kier molecular flexibility index (Phi) is 10.4. The molecule has 2 saturated carbocycles. The molecule has 13 N–H and O–H groups in total. The molecule has 15 heteroatoms. The fraction of sp³-hybridized carbons (Fsp3) is 0.960. The molecule has 0 aromatic carbocycles. The van der Waals surface area contributed by atoms with Crippen molar-refractivity contribution >= 4 is 5.84 Å². The SMILES string of the molecule is CNC1C(O)C(OC2C(N=C(N)C3(O)CC3)CC(N)C(OC3OC(CNCCO)CCC3N)C2O)OCC1(C)O. The van der Waals surface area contributed by atoms with Crippen LogP contribution in [0.5, 0.6) is 0 Å². The Labute approximate surface area is 234 Å². The molecular formula is C25H48N6O9. The molecule has 2 aliphatic heterocycles. The van der Waals surface area contributed by atoms with Crippen molar-refractivity contribution in [3.63, 3.8) is 0 Å². The third kappa shape index (κ3) is 7.11. The van der Waals surface area contributed by atoms with Gasteiger partial charge in [-0.2, -0.15) is 0 Å². The lowest BCUT2D eigenvalue weighted by Crippen LogP contribution is -2.67. The summed E-state index contributed by atoms with van der Waals surface area (Å²) in [5.41, 5.74) is 16.3. The van der Waals surface area contributed by atoms with Crippen molar-refractivity contribution in [1.29, 1.82) is 0 Å². The highest BCUT2D eigenvalue weighted by molar-refractivity contribution is 5.91. The lowest BCUT2D eigenvalue weighted by atomic mass is 9.83. The van der Waals surface area contributed by atoms with Gasteiger partial charge in [-0.25, -0.2) is 0 Å². The zero-order chi connectivity index (χ0) is 29.2. The number of aliphatic hydroxyl groups excluding tert-OH is 3. The molecule has 0 radical (unpaired) electrons. The van der Waals surface area contributed by atoms with Crippen LogP contribution in [0.3, 0.4) is 0 Å². The van der Waals surface area contributed by atoms with E-state index in [1.165, 1.54) is 6.92 Å². The van der Waals surface area contributed by atoms with Gasteiger partial charge in [0.25, 0.3) is 0 Å². The first-order valence-electron chi connectivity index (χ1n) is 14.1. The molecule has 2 saturated heterocycles. The summed E-state index contributed by atoms with van der Waals surface area (Å²) in [6.45, 7) is 2.35. The van der Waals surface area contributed by atoms with E-state index in [1.807, 2.05) is 0 Å². The Balaban J connectivity index is 1.52. The third-order valence-corrected chi connectivity index (χ3v) is 8.38. The average molecular weight is 577 g/mol. The van der Waals surface area contributed by atoms with Gasteiger partial charge in [-0.05, 0) is 46.1 Å². The third-order valence-electron chi connectivity index (χ3n) is 8.38. The summed E-state index contributed by atoms with van der Waals surface area (Å²) in [4.78, 5) is 4.50. The van der Waals surface area contributed by atoms with Gasteiger partial charge in [0.15, 0.2) is 12.6 Å². The number of aliphatic hydroxyl groups is 5. The van der Waals surface area contributed by atoms with Crippen LogP contribution < -0.4 is 27.8 Å². The van der Waals surface area contributed by atoms with Crippen molar-refractivity contribution in [2.75, 3.05) is 33.4 Å². The topological polar surface area (TPSA) is 253 Å². The van der Waals surface area contributed by atoms with Crippen molar-refractivity contribution in [1.82, 2.24) is 10.6 Å². The van der Waals surface area contributed by atoms with Gasteiger partial charge in [-0.3, -0.25) is 4.99 Å². The molecule has 4 fully saturated rings. The summed E-state index contributed by atoms with van der Waals surface area (Å²) >= 11 is 0. The highest BCUT2D eigenvalue weighted by atomic mass is 16.7. The van der Waals surface area contributed by atoms with E-state index in [0.717, 1.165) is 0 Å². The van der Waals surface area contributed by atoms with Crippen LogP contribution >= 0.6 is 0 Å². The number of nitrogens with two attached hydrogens (primary N) is 3. The average Bonchev–Trinajstić information content (AvgIpc) is 3.65. The maximum atomic E-state index is 11.6. The monoisotopic (exact) mass is 576 g/mol. The molecule has 2 heterocycles. The van der Waals surface area contributed by atoms with Gasteiger partial charge in [-0.1, -0.05) is 0 Å². The van der Waals surface area contributed by atoms with Gasteiger partial charge >= 0.3 is 0 Å². The van der Waals surface area contributed by atoms with Crippen molar-refractivity contribution in [3.05, 3.63) is 0 Å². The molecule has 4 aliphatic rings. The predicted molar refractivity (Wildman–Crippen MR) is 143 cm³/mol. The lowest BCUT2D eigenvalue weighted by molar-refractivity contribution is -0.306. The summed E-state index contributed by atoms with van der Waals surface area (Å²) in [6.07, 6.45) is -4.48. The first-order valence-corrected chi connectivity index (χ1v) is 14.1. The number of hydrogen-bond acceptors (Lipinski definition) is 14. The highest BCUT2D eigenvalue weighted by Gasteiger charge is 2.52. The number of aliphatic imine (C=N–C) groups is 1. The van der Waals surface area contributed by atoms with Gasteiger partial charge < -0.3 is 72.3 Å². The van der Waals surface area contributed by atoms with Crippen LogP contribution in [-0.2, 0) is 18.9 Å². The van der Waals surface area contributed by atoms with E-state index in [9.17, 15) is 20.4 Å². The van der Waals surface area contributed by atoms with Crippen molar-refractivity contribution in [2.45, 2.75) is 117 Å². The highest BCUT2D eigenvalue weighted by Crippen LogP contribution is 2.37. The Morgan fingerprint density at radius 2 is 1.75 bits per heavy atom. The number of hydrogen-bond donors (Lipinski definition) is 10. The van der Waals surface area contributed by atoms with Crippen molar-refractivity contribution in [2.24, 2.45) is 22.2 Å². The molecule has 0 spiro atoms. The Hall–Kier alpha value is -1.05.